The maximum Gasteiger partial charge on any atom is 0.410 e. The first-order valence-electron chi connectivity index (χ1n) is 9.39. The summed E-state index contributed by atoms with van der Waals surface area (Å²) in [6, 6.07) is 8.89. The number of likely N-dealkylation sites (tertiary alicyclic amines) is 1. The van der Waals surface area contributed by atoms with Gasteiger partial charge in [-0.2, -0.15) is 0 Å². The molecule has 1 N–H and O–H groups in total. The van der Waals surface area contributed by atoms with Crippen LogP contribution >= 0.6 is 0 Å². The quantitative estimate of drug-likeness (QED) is 0.461. The number of alkyl carbamates (subject to hydrolysis) is 1. The van der Waals surface area contributed by atoms with Crippen LogP contribution in [0, 0.1) is 5.92 Å². The Hall–Kier alpha value is -3.03. The molecule has 1 aromatic carbocycles. The molecule has 0 spiro atoms. The minimum Gasteiger partial charge on any atom is -0.466 e. The summed E-state index contributed by atoms with van der Waals surface area (Å²) < 4.78 is 15.3. The molecule has 8 nitrogen and oxygen atoms in total. The first-order valence-corrected chi connectivity index (χ1v) is 9.39. The normalized spacial score (nSPS) is 19.1. The summed E-state index contributed by atoms with van der Waals surface area (Å²) in [6.07, 6.45) is 1.84. The van der Waals surface area contributed by atoms with Crippen molar-refractivity contribution < 1.29 is 28.6 Å². The Morgan fingerprint density at radius 2 is 1.86 bits per heavy atom. The van der Waals surface area contributed by atoms with E-state index in [2.05, 4.69) is 10.1 Å². The maximum atomic E-state index is 12.4. The fourth-order valence-corrected chi connectivity index (χ4v) is 2.84. The van der Waals surface area contributed by atoms with Crippen LogP contribution in [0.1, 0.15) is 26.3 Å². The average Bonchev–Trinajstić information content (AvgIpc) is 3.07. The lowest BCUT2D eigenvalue weighted by atomic mass is 10.0. The molecule has 2 amide bonds. The number of methoxy groups -OCH3 is 1. The highest BCUT2D eigenvalue weighted by molar-refractivity contribution is 5.81. The lowest BCUT2D eigenvalue weighted by Crippen LogP contribution is -2.41. The third-order valence-corrected chi connectivity index (χ3v) is 4.21. The highest BCUT2D eigenvalue weighted by atomic mass is 16.6. The highest BCUT2D eigenvalue weighted by Crippen LogP contribution is 2.21. The molecule has 0 aromatic heterocycles. The van der Waals surface area contributed by atoms with E-state index < -0.39 is 29.8 Å². The molecular formula is C21H28N2O6. The van der Waals surface area contributed by atoms with E-state index >= 15 is 0 Å². The van der Waals surface area contributed by atoms with E-state index in [9.17, 15) is 14.4 Å². The second-order valence-corrected chi connectivity index (χ2v) is 7.74. The van der Waals surface area contributed by atoms with Crippen molar-refractivity contribution in [3.8, 4) is 0 Å². The van der Waals surface area contributed by atoms with Gasteiger partial charge in [-0.1, -0.05) is 36.4 Å². The van der Waals surface area contributed by atoms with E-state index in [4.69, 9.17) is 9.47 Å². The lowest BCUT2D eigenvalue weighted by molar-refractivity contribution is -0.134. The maximum absolute atomic E-state index is 12.4. The van der Waals surface area contributed by atoms with Crippen LogP contribution in [-0.4, -0.2) is 54.9 Å². The second kappa shape index (κ2) is 9.95. The van der Waals surface area contributed by atoms with Gasteiger partial charge >= 0.3 is 18.2 Å². The Kier molecular flexibility index (Phi) is 7.64. The molecule has 1 aliphatic rings. The lowest BCUT2D eigenvalue weighted by Gasteiger charge is -2.24. The summed E-state index contributed by atoms with van der Waals surface area (Å²) in [5.74, 6) is -0.794. The van der Waals surface area contributed by atoms with Crippen LogP contribution in [0.4, 0.5) is 9.59 Å². The summed E-state index contributed by atoms with van der Waals surface area (Å²) in [5.41, 5.74) is 0.237. The molecule has 1 aromatic rings. The molecular weight excluding hydrogens is 376 g/mol. The van der Waals surface area contributed by atoms with Gasteiger partial charge in [-0.3, -0.25) is 0 Å². The molecule has 29 heavy (non-hydrogen) atoms. The predicted molar refractivity (Wildman–Crippen MR) is 106 cm³/mol. The first kappa shape index (κ1) is 22.3. The largest absolute Gasteiger partial charge is 0.466 e. The van der Waals surface area contributed by atoms with Crippen LogP contribution in [0.2, 0.25) is 0 Å². The van der Waals surface area contributed by atoms with E-state index in [0.717, 1.165) is 5.56 Å². The van der Waals surface area contributed by atoms with Gasteiger partial charge in [0.2, 0.25) is 0 Å². The van der Waals surface area contributed by atoms with Gasteiger partial charge in [-0.25, -0.2) is 14.4 Å². The molecule has 1 fully saturated rings. The first-order chi connectivity index (χ1) is 13.7. The van der Waals surface area contributed by atoms with Gasteiger partial charge < -0.3 is 24.4 Å². The number of nitrogens with zero attached hydrogens (tertiary/aromatic N) is 1. The Balaban J connectivity index is 2.00. The SMILES string of the molecule is COC(=O)C=C[C@H]1CN(C(=O)OC(C)(C)C)C[C@H]1NC(=O)OCc1ccccc1. The van der Waals surface area contributed by atoms with Crippen molar-refractivity contribution in [2.75, 3.05) is 20.2 Å². The highest BCUT2D eigenvalue weighted by Gasteiger charge is 2.37. The van der Waals surface area contributed by atoms with Crippen LogP contribution in [-0.2, 0) is 25.6 Å². The zero-order chi connectivity index (χ0) is 21.4. The summed E-state index contributed by atoms with van der Waals surface area (Å²) in [5, 5.41) is 2.77. The Morgan fingerprint density at radius 3 is 2.48 bits per heavy atom. The third-order valence-electron chi connectivity index (χ3n) is 4.21. The van der Waals surface area contributed by atoms with E-state index in [1.54, 1.807) is 26.8 Å². The average molecular weight is 404 g/mol. The summed E-state index contributed by atoms with van der Waals surface area (Å²) >= 11 is 0. The molecule has 2 rings (SSSR count). The van der Waals surface area contributed by atoms with Gasteiger partial charge in [0, 0.05) is 25.1 Å². The summed E-state index contributed by atoms with van der Waals surface area (Å²) in [4.78, 5) is 37.6. The van der Waals surface area contributed by atoms with Crippen molar-refractivity contribution in [1.29, 1.82) is 0 Å². The van der Waals surface area contributed by atoms with Gasteiger partial charge in [0.05, 0.1) is 13.2 Å². The third kappa shape index (κ3) is 7.48. The number of carbonyl (C=O) groups excluding carboxylic acids is 3. The van der Waals surface area contributed by atoms with Crippen molar-refractivity contribution in [3.63, 3.8) is 0 Å². The van der Waals surface area contributed by atoms with E-state index in [1.165, 1.54) is 18.1 Å². The molecule has 1 saturated heterocycles. The number of amides is 2. The molecule has 1 heterocycles. The molecule has 2 atom stereocenters. The Morgan fingerprint density at radius 1 is 1.17 bits per heavy atom. The minimum atomic E-state index is -0.630. The number of hydrogen-bond acceptors (Lipinski definition) is 6. The second-order valence-electron chi connectivity index (χ2n) is 7.74. The van der Waals surface area contributed by atoms with Crippen LogP contribution in [0.15, 0.2) is 42.5 Å². The van der Waals surface area contributed by atoms with Gasteiger partial charge in [-0.15, -0.1) is 0 Å². The predicted octanol–water partition coefficient (Wildman–Crippen LogP) is 2.88. The Bertz CT molecular complexity index is 741. The number of carbonyl (C=O) groups is 3. The molecule has 0 unspecified atom stereocenters. The topological polar surface area (TPSA) is 94.2 Å². The number of rotatable bonds is 5. The number of hydrogen-bond donors (Lipinski definition) is 1. The van der Waals surface area contributed by atoms with Crippen LogP contribution in [0.3, 0.4) is 0 Å². The van der Waals surface area contributed by atoms with Crippen LogP contribution in [0.5, 0.6) is 0 Å². The van der Waals surface area contributed by atoms with Crippen LogP contribution < -0.4 is 5.32 Å². The fraction of sp³-hybridized carbons (Fsp3) is 0.476. The monoisotopic (exact) mass is 404 g/mol. The minimum absolute atomic E-state index is 0.137. The van der Waals surface area contributed by atoms with Crippen LogP contribution in [0.25, 0.3) is 0 Å². The van der Waals surface area contributed by atoms with E-state index in [-0.39, 0.29) is 19.1 Å². The van der Waals surface area contributed by atoms with Crippen molar-refractivity contribution in [2.45, 2.75) is 39.0 Å². The number of nitrogens with one attached hydrogen (secondary N) is 1. The molecule has 0 saturated carbocycles. The van der Waals surface area contributed by atoms with Gasteiger partial charge in [0.15, 0.2) is 0 Å². The smallest absolute Gasteiger partial charge is 0.410 e. The van der Waals surface area contributed by atoms with E-state index in [0.29, 0.717) is 6.54 Å². The van der Waals surface area contributed by atoms with Crippen molar-refractivity contribution in [3.05, 3.63) is 48.0 Å². The fourth-order valence-electron chi connectivity index (χ4n) is 2.84. The Labute approximate surface area is 170 Å². The zero-order valence-electron chi connectivity index (χ0n) is 17.2. The molecule has 0 radical (unpaired) electrons. The summed E-state index contributed by atoms with van der Waals surface area (Å²) in [6.45, 7) is 6.03. The number of ether oxygens (including phenoxy) is 3. The van der Waals surface area contributed by atoms with Gasteiger partial charge in [-0.05, 0) is 26.3 Å². The molecule has 8 heteroatoms. The molecule has 1 aliphatic heterocycles. The zero-order valence-corrected chi connectivity index (χ0v) is 17.2. The molecule has 0 bridgehead atoms. The standard InChI is InChI=1S/C21H28N2O6/c1-21(2,3)29-20(26)23-12-16(10-11-18(24)27-4)17(13-23)22-19(25)28-14-15-8-6-5-7-9-15/h5-11,16-17H,12-14H2,1-4H3,(H,22,25)/t16-,17+/m0/s1. The van der Waals surface area contributed by atoms with Gasteiger partial charge in [0.1, 0.15) is 12.2 Å². The van der Waals surface area contributed by atoms with Crippen molar-refractivity contribution >= 4 is 18.2 Å². The molecule has 158 valence electrons. The number of esters is 1. The van der Waals surface area contributed by atoms with E-state index in [1.807, 2.05) is 30.3 Å². The number of benzene rings is 1. The molecule has 0 aliphatic carbocycles. The van der Waals surface area contributed by atoms with Gasteiger partial charge in [0.25, 0.3) is 0 Å². The van der Waals surface area contributed by atoms with Crippen molar-refractivity contribution in [2.24, 2.45) is 5.92 Å². The van der Waals surface area contributed by atoms with Crippen molar-refractivity contribution in [1.82, 2.24) is 10.2 Å². The summed E-state index contributed by atoms with van der Waals surface area (Å²) in [7, 11) is 1.28.